The van der Waals surface area contributed by atoms with E-state index in [-0.39, 0.29) is 31.4 Å². The summed E-state index contributed by atoms with van der Waals surface area (Å²) < 4.78 is 4.76. The molecule has 3 nitrogen and oxygen atoms in total. The van der Waals surface area contributed by atoms with Gasteiger partial charge in [0.2, 0.25) is 0 Å². The Labute approximate surface area is 111 Å². The molecule has 1 aromatic rings. The standard InChI is InChI=1S/C9H3Cl4NO2/c1-3(15)16-9-4(2-14)5(10)6(11)7(12)8(9)13/h1H3. The van der Waals surface area contributed by atoms with Crippen molar-refractivity contribution in [2.75, 3.05) is 0 Å². The van der Waals surface area contributed by atoms with Crippen LogP contribution >= 0.6 is 46.4 Å². The number of benzene rings is 1. The van der Waals surface area contributed by atoms with E-state index in [4.69, 9.17) is 56.4 Å². The van der Waals surface area contributed by atoms with E-state index < -0.39 is 5.97 Å². The van der Waals surface area contributed by atoms with Crippen LogP contribution in [-0.2, 0) is 4.79 Å². The lowest BCUT2D eigenvalue weighted by molar-refractivity contribution is -0.131. The van der Waals surface area contributed by atoms with Crippen molar-refractivity contribution in [3.63, 3.8) is 0 Å². The Kier molecular flexibility index (Phi) is 4.28. The predicted octanol–water partition coefficient (Wildman–Crippen LogP) is 4.10. The minimum absolute atomic E-state index is 0.0548. The van der Waals surface area contributed by atoms with Crippen LogP contribution in [0.15, 0.2) is 0 Å². The van der Waals surface area contributed by atoms with Crippen molar-refractivity contribution >= 4 is 52.4 Å². The lowest BCUT2D eigenvalue weighted by atomic mass is 10.2. The van der Waals surface area contributed by atoms with Gasteiger partial charge in [0.15, 0.2) is 5.75 Å². The summed E-state index contributed by atoms with van der Waals surface area (Å²) in [6.07, 6.45) is 0. The number of carbonyl (C=O) groups excluding carboxylic acids is 1. The minimum Gasteiger partial charge on any atom is -0.424 e. The van der Waals surface area contributed by atoms with E-state index in [9.17, 15) is 4.79 Å². The molecule has 0 saturated heterocycles. The van der Waals surface area contributed by atoms with Gasteiger partial charge in [0, 0.05) is 6.92 Å². The van der Waals surface area contributed by atoms with Crippen molar-refractivity contribution in [3.05, 3.63) is 25.7 Å². The Balaban J connectivity index is 3.59. The summed E-state index contributed by atoms with van der Waals surface area (Å²) in [6.45, 7) is 1.16. The van der Waals surface area contributed by atoms with Crippen molar-refractivity contribution in [1.82, 2.24) is 0 Å². The molecule has 0 aromatic heterocycles. The quantitative estimate of drug-likeness (QED) is 0.339. The van der Waals surface area contributed by atoms with Gasteiger partial charge in [-0.05, 0) is 0 Å². The maximum atomic E-state index is 10.8. The number of carbonyl (C=O) groups is 1. The van der Waals surface area contributed by atoms with E-state index in [1.165, 1.54) is 0 Å². The monoisotopic (exact) mass is 297 g/mol. The van der Waals surface area contributed by atoms with Crippen molar-refractivity contribution in [1.29, 1.82) is 5.26 Å². The highest BCUT2D eigenvalue weighted by Gasteiger charge is 2.22. The number of halogens is 4. The molecule has 84 valence electrons. The molecule has 0 atom stereocenters. The first-order chi connectivity index (χ1) is 7.40. The molecule has 0 radical (unpaired) electrons. The molecule has 1 rings (SSSR count). The largest absolute Gasteiger partial charge is 0.424 e. The smallest absolute Gasteiger partial charge is 0.308 e. The molecular weight excluding hydrogens is 296 g/mol. The maximum absolute atomic E-state index is 10.8. The Morgan fingerprint density at radius 3 is 2.06 bits per heavy atom. The van der Waals surface area contributed by atoms with Crippen molar-refractivity contribution in [3.8, 4) is 11.8 Å². The number of nitrogens with zero attached hydrogens (tertiary/aromatic N) is 1. The number of hydrogen-bond donors (Lipinski definition) is 0. The summed E-state index contributed by atoms with van der Waals surface area (Å²) in [5, 5.41) is 8.52. The van der Waals surface area contributed by atoms with Crippen LogP contribution in [-0.4, -0.2) is 5.97 Å². The number of ether oxygens (including phenoxy) is 1. The minimum atomic E-state index is -0.646. The summed E-state index contributed by atoms with van der Waals surface area (Å²) in [5.41, 5.74) is -0.128. The summed E-state index contributed by atoms with van der Waals surface area (Å²) in [5.74, 6) is -0.830. The molecule has 0 spiro atoms. The number of rotatable bonds is 1. The molecule has 0 unspecified atom stereocenters. The Hall–Kier alpha value is -0.660. The fourth-order valence-corrected chi connectivity index (χ4v) is 1.87. The normalized spacial score (nSPS) is 9.75. The summed E-state index contributed by atoms with van der Waals surface area (Å²) in [4.78, 5) is 10.8. The first-order valence-electron chi connectivity index (χ1n) is 3.84. The molecular formula is C9H3Cl4NO2. The highest BCUT2D eigenvalue weighted by Crippen LogP contribution is 2.45. The fourth-order valence-electron chi connectivity index (χ4n) is 0.951. The molecule has 1 aromatic carbocycles. The third kappa shape index (κ3) is 2.36. The third-order valence-electron chi connectivity index (χ3n) is 1.58. The van der Waals surface area contributed by atoms with Gasteiger partial charge in [-0.15, -0.1) is 0 Å². The zero-order chi connectivity index (χ0) is 12.5. The second-order valence-corrected chi connectivity index (χ2v) is 4.18. The number of hydrogen-bond acceptors (Lipinski definition) is 3. The van der Waals surface area contributed by atoms with Crippen LogP contribution in [0, 0.1) is 11.3 Å². The molecule has 16 heavy (non-hydrogen) atoms. The summed E-state index contributed by atoms with van der Waals surface area (Å²) >= 11 is 23.1. The molecule has 0 bridgehead atoms. The fraction of sp³-hybridized carbons (Fsp3) is 0.111. The van der Waals surface area contributed by atoms with Crippen LogP contribution in [0.5, 0.6) is 5.75 Å². The zero-order valence-corrected chi connectivity index (χ0v) is 10.8. The SMILES string of the molecule is CC(=O)Oc1c(Cl)c(Cl)c(Cl)c(Cl)c1C#N. The van der Waals surface area contributed by atoms with Gasteiger partial charge in [0.25, 0.3) is 0 Å². The summed E-state index contributed by atoms with van der Waals surface area (Å²) in [7, 11) is 0. The number of nitriles is 1. The number of esters is 1. The van der Waals surface area contributed by atoms with Gasteiger partial charge >= 0.3 is 5.97 Å². The van der Waals surface area contributed by atoms with Crippen LogP contribution in [0.25, 0.3) is 0 Å². The molecule has 0 heterocycles. The highest BCUT2D eigenvalue weighted by molar-refractivity contribution is 6.52. The second kappa shape index (κ2) is 5.11. The second-order valence-electron chi connectivity index (χ2n) is 2.67. The first kappa shape index (κ1) is 13.4. The molecule has 0 aliphatic carbocycles. The first-order valence-corrected chi connectivity index (χ1v) is 5.35. The van der Waals surface area contributed by atoms with Crippen LogP contribution in [0.3, 0.4) is 0 Å². The van der Waals surface area contributed by atoms with Crippen molar-refractivity contribution < 1.29 is 9.53 Å². The lowest BCUT2D eigenvalue weighted by Crippen LogP contribution is -2.04. The molecule has 0 N–H and O–H groups in total. The van der Waals surface area contributed by atoms with Gasteiger partial charge in [-0.2, -0.15) is 5.26 Å². The van der Waals surface area contributed by atoms with E-state index in [2.05, 4.69) is 0 Å². The molecule has 0 aliphatic heterocycles. The van der Waals surface area contributed by atoms with Crippen LogP contribution in [0.2, 0.25) is 20.1 Å². The molecule has 7 heteroatoms. The lowest BCUT2D eigenvalue weighted by Gasteiger charge is -2.10. The van der Waals surface area contributed by atoms with Gasteiger partial charge in [-0.1, -0.05) is 46.4 Å². The van der Waals surface area contributed by atoms with Crippen LogP contribution in [0.4, 0.5) is 0 Å². The van der Waals surface area contributed by atoms with Gasteiger partial charge in [0.05, 0.1) is 15.1 Å². The molecule has 0 fully saturated rings. The molecule has 0 aliphatic rings. The molecule has 0 saturated carbocycles. The van der Waals surface area contributed by atoms with Crippen LogP contribution in [0.1, 0.15) is 12.5 Å². The van der Waals surface area contributed by atoms with Crippen molar-refractivity contribution in [2.45, 2.75) is 6.92 Å². The summed E-state index contributed by atoms with van der Waals surface area (Å²) in [6, 6.07) is 1.74. The molecule has 0 amide bonds. The van der Waals surface area contributed by atoms with E-state index in [0.717, 1.165) is 6.92 Å². The topological polar surface area (TPSA) is 50.1 Å². The van der Waals surface area contributed by atoms with Crippen molar-refractivity contribution in [2.24, 2.45) is 0 Å². The average molecular weight is 299 g/mol. The van der Waals surface area contributed by atoms with Gasteiger partial charge in [-0.25, -0.2) is 0 Å². The Morgan fingerprint density at radius 1 is 1.12 bits per heavy atom. The van der Waals surface area contributed by atoms with Crippen LogP contribution < -0.4 is 4.74 Å². The Bertz CT molecular complexity index is 507. The predicted molar refractivity (Wildman–Crippen MR) is 62.5 cm³/mol. The maximum Gasteiger partial charge on any atom is 0.308 e. The zero-order valence-electron chi connectivity index (χ0n) is 7.78. The van der Waals surface area contributed by atoms with E-state index in [1.54, 1.807) is 6.07 Å². The highest BCUT2D eigenvalue weighted by atomic mass is 35.5. The van der Waals surface area contributed by atoms with Gasteiger partial charge in [-0.3, -0.25) is 4.79 Å². The van der Waals surface area contributed by atoms with Gasteiger partial charge in [0.1, 0.15) is 16.7 Å². The van der Waals surface area contributed by atoms with E-state index in [1.807, 2.05) is 0 Å². The third-order valence-corrected chi connectivity index (χ3v) is 3.37. The van der Waals surface area contributed by atoms with E-state index >= 15 is 0 Å². The van der Waals surface area contributed by atoms with E-state index in [0.29, 0.717) is 0 Å². The average Bonchev–Trinajstić information content (AvgIpc) is 2.23. The Morgan fingerprint density at radius 2 is 1.62 bits per heavy atom. The van der Waals surface area contributed by atoms with Gasteiger partial charge < -0.3 is 4.74 Å².